The zero-order valence-corrected chi connectivity index (χ0v) is 9.67. The molecule has 1 amide bonds. The van der Waals surface area contributed by atoms with Gasteiger partial charge in [0, 0.05) is 12.1 Å². The minimum atomic E-state index is -0.780. The Labute approximate surface area is 105 Å². The van der Waals surface area contributed by atoms with Gasteiger partial charge >= 0.3 is 0 Å². The molecule has 0 fully saturated rings. The molecule has 0 radical (unpaired) electrons. The van der Waals surface area contributed by atoms with Crippen LogP contribution in [0.25, 0.3) is 0 Å². The van der Waals surface area contributed by atoms with Gasteiger partial charge in [0.15, 0.2) is 0 Å². The second-order valence-corrected chi connectivity index (χ2v) is 3.82. The number of carbonyl (C=O) groups excluding carboxylic acids is 1. The van der Waals surface area contributed by atoms with Crippen molar-refractivity contribution in [3.63, 3.8) is 0 Å². The lowest BCUT2D eigenvalue weighted by molar-refractivity contribution is -0.121. The van der Waals surface area contributed by atoms with Crippen LogP contribution in [0.15, 0.2) is 53.3 Å². The van der Waals surface area contributed by atoms with Crippen LogP contribution < -0.4 is 5.32 Å². The summed E-state index contributed by atoms with van der Waals surface area (Å²) in [5.74, 6) is -1.08. The van der Waals surface area contributed by atoms with E-state index >= 15 is 0 Å². The Kier molecular flexibility index (Phi) is 3.77. The first kappa shape index (κ1) is 11.9. The van der Waals surface area contributed by atoms with Crippen LogP contribution in [0.1, 0.15) is 17.0 Å². The molecule has 1 aromatic carbocycles. The summed E-state index contributed by atoms with van der Waals surface area (Å²) in [7, 11) is 0. The van der Waals surface area contributed by atoms with Crippen LogP contribution >= 0.6 is 0 Å². The van der Waals surface area contributed by atoms with E-state index in [4.69, 9.17) is 9.68 Å². The number of carbonyl (C=O) groups is 1. The van der Waals surface area contributed by atoms with Gasteiger partial charge in [0.1, 0.15) is 5.92 Å². The third-order valence-corrected chi connectivity index (χ3v) is 2.57. The van der Waals surface area contributed by atoms with Crippen LogP contribution in [0, 0.1) is 11.3 Å². The Morgan fingerprint density at radius 1 is 1.33 bits per heavy atom. The Bertz CT molecular complexity index is 541. The number of rotatable bonds is 4. The first-order valence-corrected chi connectivity index (χ1v) is 5.54. The highest BCUT2D eigenvalue weighted by atomic mass is 16.3. The number of amides is 1. The highest BCUT2D eigenvalue weighted by Crippen LogP contribution is 2.14. The quantitative estimate of drug-likeness (QED) is 0.890. The molecule has 0 saturated heterocycles. The van der Waals surface area contributed by atoms with Crippen LogP contribution in [0.4, 0.5) is 0 Å². The molecule has 0 aliphatic carbocycles. The number of nitrogens with one attached hydrogen (secondary N) is 1. The van der Waals surface area contributed by atoms with E-state index in [0.717, 1.165) is 5.56 Å². The van der Waals surface area contributed by atoms with Gasteiger partial charge in [-0.1, -0.05) is 30.3 Å². The number of furan rings is 1. The highest BCUT2D eigenvalue weighted by molar-refractivity contribution is 5.86. The van der Waals surface area contributed by atoms with Crippen molar-refractivity contribution >= 4 is 5.91 Å². The molecular weight excluding hydrogens is 228 g/mol. The summed E-state index contributed by atoms with van der Waals surface area (Å²) >= 11 is 0. The minimum absolute atomic E-state index is 0.301. The van der Waals surface area contributed by atoms with Gasteiger partial charge in [0.25, 0.3) is 0 Å². The van der Waals surface area contributed by atoms with Crippen molar-refractivity contribution in [3.05, 3.63) is 60.1 Å². The number of benzene rings is 1. The van der Waals surface area contributed by atoms with E-state index in [1.165, 1.54) is 0 Å². The molecule has 2 rings (SSSR count). The first-order chi connectivity index (χ1) is 8.81. The van der Waals surface area contributed by atoms with Crippen molar-refractivity contribution in [1.82, 2.24) is 5.32 Å². The molecule has 4 nitrogen and oxygen atoms in total. The van der Waals surface area contributed by atoms with Gasteiger partial charge in [-0.15, -0.1) is 0 Å². The number of nitrogens with zero attached hydrogens (tertiary/aromatic N) is 1. The van der Waals surface area contributed by atoms with Crippen molar-refractivity contribution in [2.45, 2.75) is 12.5 Å². The normalized spacial score (nSPS) is 11.5. The molecule has 1 atom stereocenters. The van der Waals surface area contributed by atoms with Gasteiger partial charge < -0.3 is 9.73 Å². The summed E-state index contributed by atoms with van der Waals surface area (Å²) < 4.78 is 4.90. The standard InChI is InChI=1S/C14H12N2O2/c15-8-13(12-4-2-1-3-5-12)14(17)16-9-11-6-7-18-10-11/h1-7,10,13H,9H2,(H,16,17). The highest BCUT2D eigenvalue weighted by Gasteiger charge is 2.19. The summed E-state index contributed by atoms with van der Waals surface area (Å²) in [4.78, 5) is 11.9. The molecule has 0 bridgehead atoms. The molecule has 0 saturated carbocycles. The molecule has 0 spiro atoms. The summed E-state index contributed by atoms with van der Waals surface area (Å²) in [6.07, 6.45) is 3.10. The number of nitriles is 1. The average Bonchev–Trinajstić information content (AvgIpc) is 2.92. The van der Waals surface area contributed by atoms with Crippen molar-refractivity contribution < 1.29 is 9.21 Å². The summed E-state index contributed by atoms with van der Waals surface area (Å²) in [5.41, 5.74) is 1.57. The lowest BCUT2D eigenvalue weighted by atomic mass is 10.00. The molecular formula is C14H12N2O2. The maximum absolute atomic E-state index is 11.9. The van der Waals surface area contributed by atoms with Crippen LogP contribution in [0.2, 0.25) is 0 Å². The van der Waals surface area contributed by atoms with Gasteiger partial charge in [-0.25, -0.2) is 0 Å². The third-order valence-electron chi connectivity index (χ3n) is 2.57. The SMILES string of the molecule is N#CC(C(=O)NCc1ccoc1)c1ccccc1. The topological polar surface area (TPSA) is 66.0 Å². The van der Waals surface area contributed by atoms with E-state index in [-0.39, 0.29) is 5.91 Å². The molecule has 2 aromatic rings. The minimum Gasteiger partial charge on any atom is -0.472 e. The van der Waals surface area contributed by atoms with E-state index in [2.05, 4.69) is 5.32 Å². The molecule has 1 heterocycles. The van der Waals surface area contributed by atoms with Crippen molar-refractivity contribution in [2.24, 2.45) is 0 Å². The molecule has 90 valence electrons. The predicted octanol–water partition coefficient (Wildman–Crippen LogP) is 2.20. The Hall–Kier alpha value is -2.54. The fourth-order valence-electron chi connectivity index (χ4n) is 1.61. The largest absolute Gasteiger partial charge is 0.472 e. The third kappa shape index (κ3) is 2.77. The van der Waals surface area contributed by atoms with Gasteiger partial charge in [-0.05, 0) is 11.6 Å². The van der Waals surface area contributed by atoms with Gasteiger partial charge in [-0.2, -0.15) is 5.26 Å². The van der Waals surface area contributed by atoms with E-state index in [1.54, 1.807) is 30.7 Å². The van der Waals surface area contributed by atoms with E-state index in [9.17, 15) is 4.79 Å². The summed E-state index contributed by atoms with van der Waals surface area (Å²) in [5, 5.41) is 11.8. The molecule has 18 heavy (non-hydrogen) atoms. The smallest absolute Gasteiger partial charge is 0.242 e. The number of hydrogen-bond donors (Lipinski definition) is 1. The van der Waals surface area contributed by atoms with Gasteiger partial charge in [0.05, 0.1) is 18.6 Å². The average molecular weight is 240 g/mol. The van der Waals surface area contributed by atoms with Crippen molar-refractivity contribution in [3.8, 4) is 6.07 Å². The molecule has 1 N–H and O–H groups in total. The molecule has 0 aliphatic heterocycles. The fourth-order valence-corrected chi connectivity index (χ4v) is 1.61. The summed E-state index contributed by atoms with van der Waals surface area (Å²) in [6.45, 7) is 0.361. The van der Waals surface area contributed by atoms with Crippen LogP contribution in [-0.2, 0) is 11.3 Å². The Morgan fingerprint density at radius 2 is 2.11 bits per heavy atom. The maximum Gasteiger partial charge on any atom is 0.242 e. The van der Waals surface area contributed by atoms with E-state index < -0.39 is 5.92 Å². The monoisotopic (exact) mass is 240 g/mol. The van der Waals surface area contributed by atoms with Gasteiger partial charge in [0.2, 0.25) is 5.91 Å². The lowest BCUT2D eigenvalue weighted by Gasteiger charge is -2.09. The molecule has 4 heteroatoms. The fraction of sp³-hybridized carbons (Fsp3) is 0.143. The van der Waals surface area contributed by atoms with Crippen LogP contribution in [-0.4, -0.2) is 5.91 Å². The van der Waals surface area contributed by atoms with Crippen LogP contribution in [0.5, 0.6) is 0 Å². The Morgan fingerprint density at radius 3 is 2.72 bits per heavy atom. The second kappa shape index (κ2) is 5.69. The zero-order valence-electron chi connectivity index (χ0n) is 9.67. The van der Waals surface area contributed by atoms with E-state index in [0.29, 0.717) is 12.1 Å². The first-order valence-electron chi connectivity index (χ1n) is 5.54. The Balaban J connectivity index is 2.01. The molecule has 0 aliphatic rings. The van der Waals surface area contributed by atoms with Gasteiger partial charge in [-0.3, -0.25) is 4.79 Å². The molecule has 1 unspecified atom stereocenters. The predicted molar refractivity (Wildman–Crippen MR) is 65.4 cm³/mol. The van der Waals surface area contributed by atoms with E-state index in [1.807, 2.05) is 24.3 Å². The molecule has 1 aromatic heterocycles. The second-order valence-electron chi connectivity index (χ2n) is 3.82. The zero-order chi connectivity index (χ0) is 12.8. The van der Waals surface area contributed by atoms with Crippen molar-refractivity contribution in [2.75, 3.05) is 0 Å². The lowest BCUT2D eigenvalue weighted by Crippen LogP contribution is -2.28. The maximum atomic E-state index is 11.9. The van der Waals surface area contributed by atoms with Crippen LogP contribution in [0.3, 0.4) is 0 Å². The van der Waals surface area contributed by atoms with Crippen molar-refractivity contribution in [1.29, 1.82) is 5.26 Å². The summed E-state index contributed by atoms with van der Waals surface area (Å²) in [6, 6.07) is 12.8. The number of hydrogen-bond acceptors (Lipinski definition) is 3.